The zero-order chi connectivity index (χ0) is 24.3. The fourth-order valence-electron chi connectivity index (χ4n) is 3.90. The summed E-state index contributed by atoms with van der Waals surface area (Å²) >= 11 is 0. The van der Waals surface area contributed by atoms with Crippen LogP contribution in [0.2, 0.25) is 0 Å². The Kier molecular flexibility index (Phi) is 8.54. The Morgan fingerprint density at radius 2 is 1.69 bits per heavy atom. The molecule has 0 unspecified atom stereocenters. The number of imidazole rings is 1. The first kappa shape index (κ1) is 24.1. The van der Waals surface area contributed by atoms with E-state index in [-0.39, 0.29) is 5.91 Å². The van der Waals surface area contributed by atoms with Crippen molar-refractivity contribution in [2.45, 2.75) is 25.8 Å². The van der Waals surface area contributed by atoms with E-state index in [0.29, 0.717) is 13.2 Å². The molecular weight excluding hydrogens is 438 g/mol. The van der Waals surface area contributed by atoms with Gasteiger partial charge in [-0.3, -0.25) is 4.79 Å². The zero-order valence-corrected chi connectivity index (χ0v) is 20.0. The molecule has 1 heterocycles. The molecule has 0 saturated heterocycles. The Morgan fingerprint density at radius 1 is 0.943 bits per heavy atom. The average Bonchev–Trinajstić information content (AvgIpc) is 3.26. The fraction of sp³-hybridized carbons (Fsp3) is 0.241. The fourth-order valence-corrected chi connectivity index (χ4v) is 3.90. The maximum atomic E-state index is 12.1. The number of nitrogens with one attached hydrogen (secondary N) is 1. The first-order chi connectivity index (χ1) is 17.2. The van der Waals surface area contributed by atoms with Crippen molar-refractivity contribution in [1.82, 2.24) is 14.9 Å². The predicted molar refractivity (Wildman–Crippen MR) is 140 cm³/mol. The molecule has 35 heavy (non-hydrogen) atoms. The maximum absolute atomic E-state index is 12.1. The Balaban J connectivity index is 1.28. The summed E-state index contributed by atoms with van der Waals surface area (Å²) in [5.74, 6) is 2.59. The van der Waals surface area contributed by atoms with Crippen LogP contribution in [0.15, 0.2) is 84.9 Å². The minimum Gasteiger partial charge on any atom is -0.497 e. The van der Waals surface area contributed by atoms with E-state index in [0.717, 1.165) is 59.7 Å². The number of para-hydroxylation sites is 2. The Labute approximate surface area is 206 Å². The second-order valence-corrected chi connectivity index (χ2v) is 8.18. The molecular formula is C29H31N3O3. The van der Waals surface area contributed by atoms with Gasteiger partial charge in [0.1, 0.15) is 17.3 Å². The number of rotatable bonds is 12. The first-order valence-corrected chi connectivity index (χ1v) is 11.9. The number of benzene rings is 3. The Bertz CT molecular complexity index is 1250. The van der Waals surface area contributed by atoms with Crippen LogP contribution in [0.3, 0.4) is 0 Å². The van der Waals surface area contributed by atoms with Crippen LogP contribution < -0.4 is 14.8 Å². The third kappa shape index (κ3) is 6.96. The summed E-state index contributed by atoms with van der Waals surface area (Å²) in [6.07, 6.45) is 5.86. The summed E-state index contributed by atoms with van der Waals surface area (Å²) < 4.78 is 13.3. The standard InChI is InChI=1S/C29H31N3O3/c1-34-24-15-17-25(18-16-24)35-22-8-21-32-27-12-6-5-11-26(27)31-28(32)13-7-20-30-29(33)19-14-23-9-3-2-4-10-23/h2-6,9-12,14-19H,7-8,13,20-22H2,1H3,(H,30,33)/b19-14+. The van der Waals surface area contributed by atoms with Crippen molar-refractivity contribution in [1.29, 1.82) is 0 Å². The van der Waals surface area contributed by atoms with Crippen LogP contribution >= 0.6 is 0 Å². The monoisotopic (exact) mass is 469 g/mol. The van der Waals surface area contributed by atoms with Crippen LogP contribution in [-0.4, -0.2) is 35.7 Å². The van der Waals surface area contributed by atoms with Crippen molar-refractivity contribution >= 4 is 23.0 Å². The quantitative estimate of drug-likeness (QED) is 0.227. The molecule has 0 aliphatic carbocycles. The maximum Gasteiger partial charge on any atom is 0.243 e. The van der Waals surface area contributed by atoms with Crippen LogP contribution in [0.5, 0.6) is 11.5 Å². The summed E-state index contributed by atoms with van der Waals surface area (Å²) in [6.45, 7) is 2.03. The Hall–Kier alpha value is -4.06. The minimum atomic E-state index is -0.0852. The van der Waals surface area contributed by atoms with E-state index in [1.807, 2.05) is 78.9 Å². The average molecular weight is 470 g/mol. The lowest BCUT2D eigenvalue weighted by molar-refractivity contribution is -0.116. The van der Waals surface area contributed by atoms with Crippen LogP contribution in [0.1, 0.15) is 24.2 Å². The van der Waals surface area contributed by atoms with Crippen molar-refractivity contribution in [2.75, 3.05) is 20.3 Å². The zero-order valence-electron chi connectivity index (χ0n) is 20.0. The third-order valence-corrected chi connectivity index (χ3v) is 5.69. The molecule has 1 aromatic heterocycles. The minimum absolute atomic E-state index is 0.0852. The van der Waals surface area contributed by atoms with Gasteiger partial charge in [0.05, 0.1) is 24.8 Å². The van der Waals surface area contributed by atoms with Gasteiger partial charge in [0.2, 0.25) is 5.91 Å². The lowest BCUT2D eigenvalue weighted by Crippen LogP contribution is -2.22. The molecule has 0 aliphatic rings. The summed E-state index contributed by atoms with van der Waals surface area (Å²) in [5, 5.41) is 2.96. The summed E-state index contributed by atoms with van der Waals surface area (Å²) in [7, 11) is 1.65. The van der Waals surface area contributed by atoms with Crippen LogP contribution in [0.25, 0.3) is 17.1 Å². The van der Waals surface area contributed by atoms with Gasteiger partial charge in [-0.1, -0.05) is 42.5 Å². The van der Waals surface area contributed by atoms with E-state index in [4.69, 9.17) is 14.5 Å². The van der Waals surface area contributed by atoms with Gasteiger partial charge in [-0.25, -0.2) is 4.98 Å². The van der Waals surface area contributed by atoms with Crippen LogP contribution in [0, 0.1) is 0 Å². The SMILES string of the molecule is COc1ccc(OCCCn2c(CCCNC(=O)/C=C/c3ccccc3)nc3ccccc32)cc1. The number of hydrogen-bond acceptors (Lipinski definition) is 4. The van der Waals surface area contributed by atoms with Gasteiger partial charge in [0.15, 0.2) is 0 Å². The molecule has 1 N–H and O–H groups in total. The highest BCUT2D eigenvalue weighted by molar-refractivity contribution is 5.91. The highest BCUT2D eigenvalue weighted by Gasteiger charge is 2.10. The molecule has 0 aliphatic heterocycles. The number of fused-ring (bicyclic) bond motifs is 1. The topological polar surface area (TPSA) is 65.4 Å². The first-order valence-electron chi connectivity index (χ1n) is 11.9. The molecule has 180 valence electrons. The molecule has 0 atom stereocenters. The van der Waals surface area contributed by atoms with Gasteiger partial charge < -0.3 is 19.4 Å². The number of carbonyl (C=O) groups excluding carboxylic acids is 1. The second kappa shape index (κ2) is 12.4. The molecule has 6 heteroatoms. The summed E-state index contributed by atoms with van der Waals surface area (Å²) in [6, 6.07) is 25.6. The molecule has 4 aromatic rings. The molecule has 0 spiro atoms. The number of carbonyl (C=O) groups is 1. The molecule has 0 bridgehead atoms. The van der Waals surface area contributed by atoms with Crippen molar-refractivity contribution in [2.24, 2.45) is 0 Å². The number of ether oxygens (including phenoxy) is 2. The lowest BCUT2D eigenvalue weighted by Gasteiger charge is -2.11. The third-order valence-electron chi connectivity index (χ3n) is 5.69. The van der Waals surface area contributed by atoms with Gasteiger partial charge >= 0.3 is 0 Å². The van der Waals surface area contributed by atoms with E-state index in [9.17, 15) is 4.79 Å². The highest BCUT2D eigenvalue weighted by Crippen LogP contribution is 2.19. The Morgan fingerprint density at radius 3 is 2.49 bits per heavy atom. The molecule has 3 aromatic carbocycles. The van der Waals surface area contributed by atoms with Gasteiger partial charge in [-0.2, -0.15) is 0 Å². The van der Waals surface area contributed by atoms with E-state index in [1.165, 1.54) is 0 Å². The predicted octanol–water partition coefficient (Wildman–Crippen LogP) is 5.28. The number of methoxy groups -OCH3 is 1. The summed E-state index contributed by atoms with van der Waals surface area (Å²) in [5.41, 5.74) is 3.13. The molecule has 0 radical (unpaired) electrons. The van der Waals surface area contributed by atoms with Crippen molar-refractivity contribution < 1.29 is 14.3 Å². The van der Waals surface area contributed by atoms with E-state index in [1.54, 1.807) is 13.2 Å². The number of nitrogens with zero attached hydrogens (tertiary/aromatic N) is 2. The van der Waals surface area contributed by atoms with Crippen molar-refractivity contribution in [3.05, 3.63) is 96.3 Å². The van der Waals surface area contributed by atoms with Gasteiger partial charge in [-0.05, 0) is 60.9 Å². The molecule has 1 amide bonds. The molecule has 0 fully saturated rings. The van der Waals surface area contributed by atoms with Gasteiger partial charge in [-0.15, -0.1) is 0 Å². The number of hydrogen-bond donors (Lipinski definition) is 1. The van der Waals surface area contributed by atoms with Crippen molar-refractivity contribution in [3.8, 4) is 11.5 Å². The van der Waals surface area contributed by atoms with E-state index >= 15 is 0 Å². The highest BCUT2D eigenvalue weighted by atomic mass is 16.5. The molecule has 6 nitrogen and oxygen atoms in total. The second-order valence-electron chi connectivity index (χ2n) is 8.18. The number of aromatic nitrogens is 2. The van der Waals surface area contributed by atoms with Crippen molar-refractivity contribution in [3.63, 3.8) is 0 Å². The summed E-state index contributed by atoms with van der Waals surface area (Å²) in [4.78, 5) is 17.0. The molecule has 4 rings (SSSR count). The van der Waals surface area contributed by atoms with E-state index < -0.39 is 0 Å². The largest absolute Gasteiger partial charge is 0.497 e. The lowest BCUT2D eigenvalue weighted by atomic mass is 10.2. The van der Waals surface area contributed by atoms with Gasteiger partial charge in [0, 0.05) is 25.6 Å². The number of amides is 1. The van der Waals surface area contributed by atoms with Crippen LogP contribution in [0.4, 0.5) is 0 Å². The normalized spacial score (nSPS) is 11.1. The smallest absolute Gasteiger partial charge is 0.243 e. The molecule has 0 saturated carbocycles. The van der Waals surface area contributed by atoms with Crippen LogP contribution in [-0.2, 0) is 17.8 Å². The van der Waals surface area contributed by atoms with Gasteiger partial charge in [0.25, 0.3) is 0 Å². The number of aryl methyl sites for hydroxylation is 2. The van der Waals surface area contributed by atoms with E-state index in [2.05, 4.69) is 16.0 Å².